The molecule has 8 nitrogen and oxygen atoms in total. The van der Waals surface area contributed by atoms with Gasteiger partial charge in [-0.05, 0) is 36.2 Å². The summed E-state index contributed by atoms with van der Waals surface area (Å²) in [7, 11) is 0. The lowest BCUT2D eigenvalue weighted by Crippen LogP contribution is -2.52. The van der Waals surface area contributed by atoms with Crippen molar-refractivity contribution >= 4 is 24.1 Å². The molecule has 2 atom stereocenters. The standard InChI is InChI=1S/C13H21N5O3.ClH/c1-9-11(4-3-6-14-9)16-13(19)5-7-17-8-12(18(20)21)15-10(17)2;/h8-9,11,14H,3-7H2,1-2H3,(H,16,19);1H. The van der Waals surface area contributed by atoms with Crippen molar-refractivity contribution in [3.63, 3.8) is 0 Å². The molecule has 0 bridgehead atoms. The molecule has 0 radical (unpaired) electrons. The first-order valence-corrected chi connectivity index (χ1v) is 7.18. The first-order chi connectivity index (χ1) is 9.97. The third-order valence-electron chi connectivity index (χ3n) is 3.84. The van der Waals surface area contributed by atoms with E-state index in [1.165, 1.54) is 6.20 Å². The predicted molar refractivity (Wildman–Crippen MR) is 84.1 cm³/mol. The van der Waals surface area contributed by atoms with Gasteiger partial charge in [-0.15, -0.1) is 12.4 Å². The fraction of sp³-hybridized carbons (Fsp3) is 0.692. The number of hydrogen-bond donors (Lipinski definition) is 2. The van der Waals surface area contributed by atoms with Crippen LogP contribution in [0.3, 0.4) is 0 Å². The highest BCUT2D eigenvalue weighted by molar-refractivity contribution is 5.85. The van der Waals surface area contributed by atoms with Crippen LogP contribution in [0, 0.1) is 17.0 Å². The van der Waals surface area contributed by atoms with Crippen LogP contribution >= 0.6 is 12.4 Å². The molecule has 2 rings (SSSR count). The van der Waals surface area contributed by atoms with Gasteiger partial charge in [-0.2, -0.15) is 0 Å². The molecule has 1 saturated heterocycles. The summed E-state index contributed by atoms with van der Waals surface area (Å²) < 4.78 is 1.64. The molecular formula is C13H22ClN5O3. The van der Waals surface area contributed by atoms with Crippen LogP contribution in [-0.4, -0.2) is 39.0 Å². The highest BCUT2D eigenvalue weighted by Crippen LogP contribution is 2.11. The zero-order valence-corrected chi connectivity index (χ0v) is 13.6. The van der Waals surface area contributed by atoms with E-state index in [9.17, 15) is 14.9 Å². The second-order valence-electron chi connectivity index (χ2n) is 5.41. The van der Waals surface area contributed by atoms with Crippen molar-refractivity contribution < 1.29 is 9.72 Å². The van der Waals surface area contributed by atoms with Crippen LogP contribution < -0.4 is 10.6 Å². The lowest BCUT2D eigenvalue weighted by molar-refractivity contribution is -0.389. The minimum absolute atomic E-state index is 0. The van der Waals surface area contributed by atoms with Gasteiger partial charge in [0.05, 0.1) is 0 Å². The molecule has 2 unspecified atom stereocenters. The molecule has 1 aliphatic heterocycles. The van der Waals surface area contributed by atoms with Gasteiger partial charge in [-0.1, -0.05) is 0 Å². The number of carbonyl (C=O) groups is 1. The van der Waals surface area contributed by atoms with E-state index in [-0.39, 0.29) is 42.6 Å². The predicted octanol–water partition coefficient (Wildman–Crippen LogP) is 1.17. The smallest absolute Gasteiger partial charge is 0.358 e. The molecule has 1 amide bonds. The Bertz CT molecular complexity index is 534. The van der Waals surface area contributed by atoms with E-state index < -0.39 is 4.92 Å². The number of aryl methyl sites for hydroxylation is 2. The van der Waals surface area contributed by atoms with E-state index in [4.69, 9.17) is 0 Å². The maximum atomic E-state index is 12.0. The second-order valence-corrected chi connectivity index (χ2v) is 5.41. The zero-order valence-electron chi connectivity index (χ0n) is 12.7. The van der Waals surface area contributed by atoms with Crippen LogP contribution in [-0.2, 0) is 11.3 Å². The van der Waals surface area contributed by atoms with Gasteiger partial charge in [-0.25, -0.2) is 0 Å². The summed E-state index contributed by atoms with van der Waals surface area (Å²) in [5, 5.41) is 17.0. The van der Waals surface area contributed by atoms with Gasteiger partial charge in [-0.3, -0.25) is 4.79 Å². The number of rotatable bonds is 5. The summed E-state index contributed by atoms with van der Waals surface area (Å²) in [5.41, 5.74) is 0. The van der Waals surface area contributed by atoms with Gasteiger partial charge in [0.25, 0.3) is 0 Å². The van der Waals surface area contributed by atoms with Crippen molar-refractivity contribution in [1.82, 2.24) is 20.2 Å². The Balaban J connectivity index is 0.00000242. The number of carbonyl (C=O) groups excluding carboxylic acids is 1. The number of hydrogen-bond acceptors (Lipinski definition) is 5. The van der Waals surface area contributed by atoms with E-state index >= 15 is 0 Å². The van der Waals surface area contributed by atoms with Crippen LogP contribution in [0.4, 0.5) is 5.82 Å². The molecule has 1 aliphatic rings. The Morgan fingerprint density at radius 1 is 1.64 bits per heavy atom. The number of aromatic nitrogens is 2. The van der Waals surface area contributed by atoms with E-state index in [0.717, 1.165) is 19.4 Å². The molecule has 0 aromatic carbocycles. The molecule has 0 aliphatic carbocycles. The molecular weight excluding hydrogens is 310 g/mol. The summed E-state index contributed by atoms with van der Waals surface area (Å²) in [6.07, 6.45) is 3.70. The number of amides is 1. The molecule has 0 spiro atoms. The fourth-order valence-electron chi connectivity index (χ4n) is 2.55. The first kappa shape index (κ1) is 18.4. The summed E-state index contributed by atoms with van der Waals surface area (Å²) in [4.78, 5) is 25.9. The number of halogens is 1. The Morgan fingerprint density at radius 3 is 2.95 bits per heavy atom. The molecule has 22 heavy (non-hydrogen) atoms. The molecule has 1 aromatic heterocycles. The molecule has 1 aromatic rings. The summed E-state index contributed by atoms with van der Waals surface area (Å²) in [6.45, 7) is 5.14. The number of imidazole rings is 1. The highest BCUT2D eigenvalue weighted by atomic mass is 35.5. The Kier molecular flexibility index (Phi) is 6.76. The van der Waals surface area contributed by atoms with Gasteiger partial charge in [0.15, 0.2) is 0 Å². The average molecular weight is 332 g/mol. The Morgan fingerprint density at radius 2 is 2.36 bits per heavy atom. The van der Waals surface area contributed by atoms with Gasteiger partial charge in [0.2, 0.25) is 11.7 Å². The van der Waals surface area contributed by atoms with Crippen molar-refractivity contribution in [2.45, 2.75) is 51.7 Å². The van der Waals surface area contributed by atoms with Gasteiger partial charge < -0.3 is 25.3 Å². The third-order valence-corrected chi connectivity index (χ3v) is 3.84. The minimum Gasteiger partial charge on any atom is -0.358 e. The molecule has 124 valence electrons. The molecule has 2 N–H and O–H groups in total. The van der Waals surface area contributed by atoms with E-state index in [1.54, 1.807) is 11.5 Å². The first-order valence-electron chi connectivity index (χ1n) is 7.18. The molecule has 2 heterocycles. The third kappa shape index (κ3) is 4.67. The monoisotopic (exact) mass is 331 g/mol. The quantitative estimate of drug-likeness (QED) is 0.623. The van der Waals surface area contributed by atoms with Gasteiger partial charge in [0.1, 0.15) is 6.20 Å². The van der Waals surface area contributed by atoms with Crippen LogP contribution in [0.15, 0.2) is 6.20 Å². The Hall–Kier alpha value is -1.67. The van der Waals surface area contributed by atoms with Crippen molar-refractivity contribution in [1.29, 1.82) is 0 Å². The number of nitro groups is 1. The summed E-state index contributed by atoms with van der Waals surface area (Å²) in [6, 6.07) is 0.434. The highest BCUT2D eigenvalue weighted by Gasteiger charge is 2.22. The van der Waals surface area contributed by atoms with E-state index in [2.05, 4.69) is 22.5 Å². The lowest BCUT2D eigenvalue weighted by Gasteiger charge is -2.30. The molecule has 0 saturated carbocycles. The van der Waals surface area contributed by atoms with Gasteiger partial charge in [0, 0.05) is 32.0 Å². The minimum atomic E-state index is -0.529. The average Bonchev–Trinajstić information content (AvgIpc) is 2.81. The normalized spacial score (nSPS) is 21.0. The van der Waals surface area contributed by atoms with E-state index in [1.807, 2.05) is 0 Å². The zero-order chi connectivity index (χ0) is 15.4. The summed E-state index contributed by atoms with van der Waals surface area (Å²) >= 11 is 0. The second kappa shape index (κ2) is 8.09. The van der Waals surface area contributed by atoms with Crippen LogP contribution in [0.25, 0.3) is 0 Å². The summed E-state index contributed by atoms with van der Waals surface area (Å²) in [5.74, 6) is 0.325. The lowest BCUT2D eigenvalue weighted by atomic mass is 10.00. The van der Waals surface area contributed by atoms with Crippen LogP contribution in [0.2, 0.25) is 0 Å². The van der Waals surface area contributed by atoms with Gasteiger partial charge >= 0.3 is 5.82 Å². The number of piperidine rings is 1. The Labute approximate surface area is 135 Å². The number of nitrogens with one attached hydrogen (secondary N) is 2. The maximum absolute atomic E-state index is 12.0. The van der Waals surface area contributed by atoms with Crippen molar-refractivity contribution in [2.75, 3.05) is 6.54 Å². The molecule has 9 heteroatoms. The maximum Gasteiger partial charge on any atom is 0.381 e. The van der Waals surface area contributed by atoms with Crippen molar-refractivity contribution in [3.8, 4) is 0 Å². The topological polar surface area (TPSA) is 102 Å². The largest absolute Gasteiger partial charge is 0.381 e. The molecule has 1 fully saturated rings. The SMILES string of the molecule is Cc1nc([N+](=O)[O-])cn1CCC(=O)NC1CCCNC1C.Cl. The van der Waals surface area contributed by atoms with E-state index in [0.29, 0.717) is 12.4 Å². The van der Waals surface area contributed by atoms with Crippen LogP contribution in [0.1, 0.15) is 32.0 Å². The van der Waals surface area contributed by atoms with Crippen molar-refractivity contribution in [3.05, 3.63) is 22.1 Å². The van der Waals surface area contributed by atoms with Crippen LogP contribution in [0.5, 0.6) is 0 Å². The fourth-order valence-corrected chi connectivity index (χ4v) is 2.55. The number of nitrogens with zero attached hydrogens (tertiary/aromatic N) is 3. The van der Waals surface area contributed by atoms with Crippen molar-refractivity contribution in [2.24, 2.45) is 0 Å².